The van der Waals surface area contributed by atoms with Crippen LogP contribution in [0.2, 0.25) is 0 Å². The van der Waals surface area contributed by atoms with Crippen molar-refractivity contribution in [3.8, 4) is 11.5 Å². The van der Waals surface area contributed by atoms with Crippen LogP contribution in [-0.2, 0) is 9.59 Å². The number of fused-ring (bicyclic) bond motifs is 1. The van der Waals surface area contributed by atoms with Crippen molar-refractivity contribution in [3.63, 3.8) is 0 Å². The Kier molecular flexibility index (Phi) is 4.20. The topological polar surface area (TPSA) is 78.9 Å². The van der Waals surface area contributed by atoms with Crippen molar-refractivity contribution in [2.45, 2.75) is 0 Å². The summed E-state index contributed by atoms with van der Waals surface area (Å²) in [4.78, 5) is 24.7. The summed E-state index contributed by atoms with van der Waals surface area (Å²) < 4.78 is 10.7. The standard InChI is InChI=1S/C18H15NO5/c1-23-13-8-6-12(7-9-13)10-16-18(22)19(11-17(20)21)14-4-2-3-5-15(14)24-16/h2-10H,11H2,1H3,(H,20,21)/p-1. The van der Waals surface area contributed by atoms with Crippen molar-refractivity contribution in [3.05, 3.63) is 59.9 Å². The highest BCUT2D eigenvalue weighted by Crippen LogP contribution is 2.35. The van der Waals surface area contributed by atoms with Gasteiger partial charge in [-0.3, -0.25) is 9.69 Å². The van der Waals surface area contributed by atoms with Gasteiger partial charge in [-0.15, -0.1) is 0 Å². The van der Waals surface area contributed by atoms with Gasteiger partial charge in [0.05, 0.1) is 25.3 Å². The maximum atomic E-state index is 12.6. The van der Waals surface area contributed by atoms with E-state index in [0.29, 0.717) is 17.2 Å². The normalized spacial score (nSPS) is 15.0. The van der Waals surface area contributed by atoms with Gasteiger partial charge >= 0.3 is 0 Å². The fourth-order valence-electron chi connectivity index (χ4n) is 2.40. The smallest absolute Gasteiger partial charge is 0.294 e. The number of rotatable bonds is 4. The number of aliphatic carboxylic acids is 1. The lowest BCUT2D eigenvalue weighted by atomic mass is 10.1. The summed E-state index contributed by atoms with van der Waals surface area (Å²) in [5.41, 5.74) is 1.13. The van der Waals surface area contributed by atoms with Crippen LogP contribution in [0.5, 0.6) is 11.5 Å². The van der Waals surface area contributed by atoms with Gasteiger partial charge in [-0.25, -0.2) is 0 Å². The Hall–Kier alpha value is -3.28. The van der Waals surface area contributed by atoms with Crippen molar-refractivity contribution < 1.29 is 24.2 Å². The van der Waals surface area contributed by atoms with Crippen LogP contribution in [0.15, 0.2) is 54.3 Å². The predicted octanol–water partition coefficient (Wildman–Crippen LogP) is 1.21. The molecule has 0 radical (unpaired) electrons. The molecule has 1 amide bonds. The Morgan fingerprint density at radius 2 is 1.92 bits per heavy atom. The highest BCUT2D eigenvalue weighted by atomic mass is 16.5. The summed E-state index contributed by atoms with van der Waals surface area (Å²) in [5, 5.41) is 11.0. The van der Waals surface area contributed by atoms with E-state index in [9.17, 15) is 14.7 Å². The van der Waals surface area contributed by atoms with Gasteiger partial charge in [-0.05, 0) is 35.9 Å². The fourth-order valence-corrected chi connectivity index (χ4v) is 2.40. The molecule has 122 valence electrons. The number of hydrogen-bond acceptors (Lipinski definition) is 5. The molecule has 2 aromatic rings. The Bertz CT molecular complexity index is 810. The van der Waals surface area contributed by atoms with E-state index in [1.54, 1.807) is 61.7 Å². The molecule has 0 unspecified atom stereocenters. The summed E-state index contributed by atoms with van der Waals surface area (Å²) >= 11 is 0. The molecule has 1 aliphatic rings. The second kappa shape index (κ2) is 6.45. The van der Waals surface area contributed by atoms with E-state index in [1.165, 1.54) is 0 Å². The van der Waals surface area contributed by atoms with Crippen molar-refractivity contribution in [2.75, 3.05) is 18.6 Å². The molecule has 0 fully saturated rings. The van der Waals surface area contributed by atoms with Gasteiger partial charge in [0, 0.05) is 0 Å². The quantitative estimate of drug-likeness (QED) is 0.790. The summed E-state index contributed by atoms with van der Waals surface area (Å²) in [6.07, 6.45) is 1.56. The summed E-state index contributed by atoms with van der Waals surface area (Å²) in [5.74, 6) is -0.729. The Morgan fingerprint density at radius 3 is 2.58 bits per heavy atom. The van der Waals surface area contributed by atoms with E-state index in [2.05, 4.69) is 0 Å². The second-order valence-electron chi connectivity index (χ2n) is 5.11. The minimum atomic E-state index is -1.34. The Labute approximate surface area is 138 Å². The maximum Gasteiger partial charge on any atom is 0.294 e. The van der Waals surface area contributed by atoms with Crippen molar-refractivity contribution >= 4 is 23.6 Å². The van der Waals surface area contributed by atoms with E-state index in [4.69, 9.17) is 9.47 Å². The van der Waals surface area contributed by atoms with Gasteiger partial charge < -0.3 is 19.4 Å². The van der Waals surface area contributed by atoms with Crippen LogP contribution in [0.1, 0.15) is 5.56 Å². The zero-order valence-electron chi connectivity index (χ0n) is 12.9. The first kappa shape index (κ1) is 15.6. The molecule has 1 aliphatic heterocycles. The first-order chi connectivity index (χ1) is 11.6. The molecule has 0 aromatic heterocycles. The van der Waals surface area contributed by atoms with Gasteiger partial charge in [0.1, 0.15) is 5.75 Å². The Morgan fingerprint density at radius 1 is 1.21 bits per heavy atom. The Balaban J connectivity index is 1.98. The van der Waals surface area contributed by atoms with E-state index < -0.39 is 18.4 Å². The number of nitrogens with zero attached hydrogens (tertiary/aromatic N) is 1. The first-order valence-electron chi connectivity index (χ1n) is 7.23. The van der Waals surface area contributed by atoms with Crippen LogP contribution >= 0.6 is 0 Å². The third-order valence-corrected chi connectivity index (χ3v) is 3.53. The lowest BCUT2D eigenvalue weighted by Gasteiger charge is -2.30. The van der Waals surface area contributed by atoms with Gasteiger partial charge in [0.15, 0.2) is 11.5 Å². The number of amides is 1. The average molecular weight is 324 g/mol. The molecule has 2 aromatic carbocycles. The summed E-state index contributed by atoms with van der Waals surface area (Å²) in [6, 6.07) is 13.8. The minimum Gasteiger partial charge on any atom is -0.548 e. The summed E-state index contributed by atoms with van der Waals surface area (Å²) in [6.45, 7) is -0.543. The monoisotopic (exact) mass is 324 g/mol. The lowest BCUT2D eigenvalue weighted by Crippen LogP contribution is -2.44. The molecule has 0 N–H and O–H groups in total. The maximum absolute atomic E-state index is 12.6. The third kappa shape index (κ3) is 3.08. The molecule has 0 saturated carbocycles. The molecule has 6 nitrogen and oxygen atoms in total. The number of hydrogen-bond donors (Lipinski definition) is 0. The molecule has 0 aliphatic carbocycles. The molecule has 0 spiro atoms. The molecular weight excluding hydrogens is 310 g/mol. The largest absolute Gasteiger partial charge is 0.548 e. The lowest BCUT2D eigenvalue weighted by molar-refractivity contribution is -0.303. The van der Waals surface area contributed by atoms with E-state index in [0.717, 1.165) is 10.5 Å². The van der Waals surface area contributed by atoms with Gasteiger partial charge in [-0.1, -0.05) is 24.3 Å². The summed E-state index contributed by atoms with van der Waals surface area (Å²) in [7, 11) is 1.57. The number of benzene rings is 2. The van der Waals surface area contributed by atoms with Crippen LogP contribution < -0.4 is 19.5 Å². The zero-order valence-corrected chi connectivity index (χ0v) is 12.9. The number of carbonyl (C=O) groups is 2. The second-order valence-corrected chi connectivity index (χ2v) is 5.11. The van der Waals surface area contributed by atoms with Crippen molar-refractivity contribution in [2.24, 2.45) is 0 Å². The predicted molar refractivity (Wildman–Crippen MR) is 85.4 cm³/mol. The zero-order chi connectivity index (χ0) is 17.1. The molecule has 0 atom stereocenters. The number of ether oxygens (including phenoxy) is 2. The van der Waals surface area contributed by atoms with Crippen LogP contribution in [-0.4, -0.2) is 25.5 Å². The average Bonchev–Trinajstić information content (AvgIpc) is 2.59. The number of anilines is 1. The number of carboxylic acid groups (broad SMARTS) is 1. The molecule has 24 heavy (non-hydrogen) atoms. The molecule has 0 bridgehead atoms. The van der Waals surface area contributed by atoms with Crippen molar-refractivity contribution in [1.29, 1.82) is 0 Å². The van der Waals surface area contributed by atoms with E-state index in [-0.39, 0.29) is 5.76 Å². The fraction of sp³-hybridized carbons (Fsp3) is 0.111. The number of carbonyl (C=O) groups excluding carboxylic acids is 2. The van der Waals surface area contributed by atoms with Gasteiger partial charge in [0.25, 0.3) is 5.91 Å². The van der Waals surface area contributed by atoms with E-state index in [1.807, 2.05) is 0 Å². The van der Waals surface area contributed by atoms with Crippen LogP contribution in [0.3, 0.4) is 0 Å². The minimum absolute atomic E-state index is 0.0418. The van der Waals surface area contributed by atoms with Crippen LogP contribution in [0.4, 0.5) is 5.69 Å². The third-order valence-electron chi connectivity index (χ3n) is 3.53. The van der Waals surface area contributed by atoms with E-state index >= 15 is 0 Å². The molecular formula is C18H14NO5-. The molecule has 3 rings (SSSR count). The SMILES string of the molecule is COc1ccc(C=C2Oc3ccccc3N(CC(=O)[O-])C2=O)cc1. The number of para-hydroxylation sites is 2. The van der Waals surface area contributed by atoms with Crippen LogP contribution in [0.25, 0.3) is 6.08 Å². The number of carboxylic acids is 1. The number of methoxy groups -OCH3 is 1. The highest BCUT2D eigenvalue weighted by Gasteiger charge is 2.30. The first-order valence-corrected chi connectivity index (χ1v) is 7.23. The molecule has 6 heteroatoms. The molecule has 1 heterocycles. The van der Waals surface area contributed by atoms with Crippen LogP contribution in [0, 0.1) is 0 Å². The molecule has 0 saturated heterocycles. The van der Waals surface area contributed by atoms with Crippen molar-refractivity contribution in [1.82, 2.24) is 0 Å². The highest BCUT2D eigenvalue weighted by molar-refractivity contribution is 6.11. The van der Waals surface area contributed by atoms with Gasteiger partial charge in [-0.2, -0.15) is 0 Å². The van der Waals surface area contributed by atoms with Gasteiger partial charge in [0.2, 0.25) is 0 Å².